The van der Waals surface area contributed by atoms with Gasteiger partial charge in [0, 0.05) is 43.8 Å². The number of fused-ring (bicyclic) bond motifs is 4. The zero-order valence-electron chi connectivity index (χ0n) is 30.6. The number of hydrogen-bond donors (Lipinski definition) is 1. The van der Waals surface area contributed by atoms with E-state index in [1.54, 1.807) is 11.8 Å². The predicted octanol–water partition coefficient (Wildman–Crippen LogP) is 13.2. The highest BCUT2D eigenvalue weighted by Crippen LogP contribution is 2.48. The standard InChI is InChI=1S/C52H37N3S/c53-52(38-17-6-2-7-18-38)54-51(37-31-29-36(30-32-37)35-15-4-1-5-16-35)49-34-45-42(24-14-28-48(45)56-49)39-19-12-20-40(33-39)43-25-13-27-47-50(43)44-23-10-11-26-46(44)55(47)41-21-8-3-9-22-41/h1-33H,34H2,(H2,53,54)/b51-49+. The van der Waals surface area contributed by atoms with Crippen LogP contribution in [-0.2, 0) is 6.42 Å². The highest BCUT2D eigenvalue weighted by Gasteiger charge is 2.25. The average Bonchev–Trinajstić information content (AvgIpc) is 3.86. The number of para-hydroxylation sites is 2. The van der Waals surface area contributed by atoms with Gasteiger partial charge in [-0.15, -0.1) is 0 Å². The third-order valence-corrected chi connectivity index (χ3v) is 11.9. The quantitative estimate of drug-likeness (QED) is 0.131. The molecule has 0 saturated carbocycles. The Hall–Kier alpha value is -6.88. The molecule has 0 unspecified atom stereocenters. The normalized spacial score (nSPS) is 13.6. The maximum absolute atomic E-state index is 6.73. The van der Waals surface area contributed by atoms with E-state index in [4.69, 9.17) is 10.7 Å². The zero-order chi connectivity index (χ0) is 37.4. The molecule has 10 rings (SSSR count). The summed E-state index contributed by atoms with van der Waals surface area (Å²) in [5.74, 6) is 0.507. The fourth-order valence-corrected chi connectivity index (χ4v) is 9.27. The van der Waals surface area contributed by atoms with Crippen LogP contribution >= 0.6 is 11.8 Å². The number of thioether (sulfide) groups is 1. The summed E-state index contributed by atoms with van der Waals surface area (Å²) >= 11 is 1.80. The van der Waals surface area contributed by atoms with E-state index in [9.17, 15) is 0 Å². The van der Waals surface area contributed by atoms with Gasteiger partial charge in [-0.3, -0.25) is 0 Å². The molecule has 266 valence electrons. The summed E-state index contributed by atoms with van der Waals surface area (Å²) in [6.07, 6.45) is 0.766. The lowest BCUT2D eigenvalue weighted by Crippen LogP contribution is -2.13. The Kier molecular flexibility index (Phi) is 8.66. The minimum atomic E-state index is 0.507. The summed E-state index contributed by atoms with van der Waals surface area (Å²) in [6, 6.07) is 71.1. The predicted molar refractivity (Wildman–Crippen MR) is 237 cm³/mol. The molecule has 0 saturated heterocycles. The van der Waals surface area contributed by atoms with Crippen LogP contribution in [0.15, 0.2) is 215 Å². The highest BCUT2D eigenvalue weighted by atomic mass is 32.2. The van der Waals surface area contributed by atoms with Crippen LogP contribution in [0.4, 0.5) is 0 Å². The number of hydrogen-bond acceptors (Lipinski definition) is 2. The van der Waals surface area contributed by atoms with Crippen LogP contribution in [0.25, 0.3) is 66.6 Å². The molecular weight excluding hydrogens is 699 g/mol. The van der Waals surface area contributed by atoms with Crippen molar-refractivity contribution in [2.75, 3.05) is 0 Å². The molecule has 0 atom stereocenters. The molecule has 2 heterocycles. The van der Waals surface area contributed by atoms with E-state index in [0.717, 1.165) is 28.9 Å². The average molecular weight is 736 g/mol. The van der Waals surface area contributed by atoms with Crippen molar-refractivity contribution in [3.8, 4) is 39.1 Å². The second kappa shape index (κ2) is 14.4. The molecule has 0 bridgehead atoms. The number of amidine groups is 1. The molecule has 2 N–H and O–H groups in total. The second-order valence-corrected chi connectivity index (χ2v) is 15.2. The van der Waals surface area contributed by atoms with E-state index < -0.39 is 0 Å². The van der Waals surface area contributed by atoms with E-state index in [0.29, 0.717) is 5.84 Å². The van der Waals surface area contributed by atoms with Crippen molar-refractivity contribution >= 4 is 45.1 Å². The molecule has 9 aromatic rings. The van der Waals surface area contributed by atoms with Crippen LogP contribution in [-0.4, -0.2) is 10.4 Å². The van der Waals surface area contributed by atoms with Crippen molar-refractivity contribution in [2.24, 2.45) is 10.7 Å². The molecule has 1 aliphatic rings. The summed E-state index contributed by atoms with van der Waals surface area (Å²) in [5.41, 5.74) is 21.7. The third kappa shape index (κ3) is 6.11. The molecular formula is C52H37N3S. The minimum Gasteiger partial charge on any atom is -0.383 e. The van der Waals surface area contributed by atoms with Gasteiger partial charge in [-0.1, -0.05) is 176 Å². The molecule has 0 spiro atoms. The Labute approximate surface area is 331 Å². The number of nitrogens with two attached hydrogens (primary N) is 1. The minimum absolute atomic E-state index is 0.507. The van der Waals surface area contributed by atoms with Crippen molar-refractivity contribution in [1.82, 2.24) is 4.57 Å². The number of aromatic nitrogens is 1. The molecule has 1 aromatic heterocycles. The number of aliphatic imine (C=N–C) groups is 1. The third-order valence-electron chi connectivity index (χ3n) is 10.7. The molecule has 4 heteroatoms. The first-order valence-corrected chi connectivity index (χ1v) is 19.8. The van der Waals surface area contributed by atoms with Gasteiger partial charge in [0.2, 0.25) is 0 Å². The number of allylic oxidation sites excluding steroid dienone is 1. The van der Waals surface area contributed by atoms with Crippen LogP contribution in [0.2, 0.25) is 0 Å². The van der Waals surface area contributed by atoms with Gasteiger partial charge in [-0.05, 0) is 75.3 Å². The lowest BCUT2D eigenvalue weighted by molar-refractivity contribution is 1.18. The van der Waals surface area contributed by atoms with Crippen molar-refractivity contribution in [3.63, 3.8) is 0 Å². The zero-order valence-corrected chi connectivity index (χ0v) is 31.5. The van der Waals surface area contributed by atoms with Crippen molar-refractivity contribution in [3.05, 3.63) is 222 Å². The van der Waals surface area contributed by atoms with Gasteiger partial charge < -0.3 is 10.3 Å². The largest absolute Gasteiger partial charge is 0.383 e. The Morgan fingerprint density at radius 2 is 1.09 bits per heavy atom. The van der Waals surface area contributed by atoms with Crippen LogP contribution in [0, 0.1) is 0 Å². The van der Waals surface area contributed by atoms with Gasteiger partial charge in [-0.25, -0.2) is 4.99 Å². The maximum atomic E-state index is 6.73. The molecule has 0 amide bonds. The molecule has 56 heavy (non-hydrogen) atoms. The Bertz CT molecular complexity index is 2940. The second-order valence-electron chi connectivity index (χ2n) is 14.1. The lowest BCUT2D eigenvalue weighted by atomic mass is 9.93. The van der Waals surface area contributed by atoms with Gasteiger partial charge in [0.1, 0.15) is 5.84 Å². The smallest absolute Gasteiger partial charge is 0.131 e. The van der Waals surface area contributed by atoms with Crippen molar-refractivity contribution < 1.29 is 0 Å². The first-order chi connectivity index (χ1) is 27.7. The molecule has 3 nitrogen and oxygen atoms in total. The van der Waals surface area contributed by atoms with Gasteiger partial charge in [0.25, 0.3) is 0 Å². The van der Waals surface area contributed by atoms with E-state index in [-0.39, 0.29) is 0 Å². The maximum Gasteiger partial charge on any atom is 0.131 e. The Morgan fingerprint density at radius 1 is 0.500 bits per heavy atom. The molecule has 0 radical (unpaired) electrons. The number of nitrogens with zero attached hydrogens (tertiary/aromatic N) is 2. The molecule has 0 fully saturated rings. The number of rotatable bonds is 7. The summed E-state index contributed by atoms with van der Waals surface area (Å²) in [7, 11) is 0. The fraction of sp³-hybridized carbons (Fsp3) is 0.0192. The fourth-order valence-electron chi connectivity index (χ4n) is 8.08. The molecule has 8 aromatic carbocycles. The summed E-state index contributed by atoms with van der Waals surface area (Å²) in [5, 5.41) is 2.51. The SMILES string of the molecule is NC(=N/C(=C1\Cc2c(cccc2-c2cccc(-c3cccc4c3c3ccccc3n4-c3ccccc3)c2)S1)c1ccc(-c2ccccc2)cc1)c1ccccc1. The first kappa shape index (κ1) is 33.7. The van der Waals surface area contributed by atoms with Crippen molar-refractivity contribution in [2.45, 2.75) is 11.3 Å². The molecule has 1 aliphatic heterocycles. The van der Waals surface area contributed by atoms with Gasteiger partial charge in [-0.2, -0.15) is 0 Å². The van der Waals surface area contributed by atoms with Crippen LogP contribution < -0.4 is 5.73 Å². The lowest BCUT2D eigenvalue weighted by Gasteiger charge is -2.12. The highest BCUT2D eigenvalue weighted by molar-refractivity contribution is 8.03. The van der Waals surface area contributed by atoms with E-state index in [1.807, 2.05) is 36.4 Å². The van der Waals surface area contributed by atoms with Gasteiger partial charge >= 0.3 is 0 Å². The van der Waals surface area contributed by atoms with Crippen LogP contribution in [0.3, 0.4) is 0 Å². The number of benzene rings is 8. The Morgan fingerprint density at radius 3 is 1.88 bits per heavy atom. The van der Waals surface area contributed by atoms with Gasteiger partial charge in [0.15, 0.2) is 0 Å². The van der Waals surface area contributed by atoms with E-state index in [1.165, 1.54) is 70.6 Å². The van der Waals surface area contributed by atoms with Crippen molar-refractivity contribution in [1.29, 1.82) is 0 Å². The van der Waals surface area contributed by atoms with Crippen LogP contribution in [0.1, 0.15) is 16.7 Å². The summed E-state index contributed by atoms with van der Waals surface area (Å²) in [4.78, 5) is 7.61. The Balaban J connectivity index is 1.07. The summed E-state index contributed by atoms with van der Waals surface area (Å²) < 4.78 is 2.38. The van der Waals surface area contributed by atoms with E-state index >= 15 is 0 Å². The topological polar surface area (TPSA) is 43.3 Å². The summed E-state index contributed by atoms with van der Waals surface area (Å²) in [6.45, 7) is 0. The van der Waals surface area contributed by atoms with Crippen LogP contribution in [0.5, 0.6) is 0 Å². The molecule has 0 aliphatic carbocycles. The monoisotopic (exact) mass is 735 g/mol. The van der Waals surface area contributed by atoms with E-state index in [2.05, 4.69) is 168 Å². The van der Waals surface area contributed by atoms with Gasteiger partial charge in [0.05, 0.1) is 16.7 Å². The first-order valence-electron chi connectivity index (χ1n) is 19.0.